The van der Waals surface area contributed by atoms with E-state index >= 15 is 0 Å². The summed E-state index contributed by atoms with van der Waals surface area (Å²) >= 11 is 3.39. The van der Waals surface area contributed by atoms with Gasteiger partial charge in [0.1, 0.15) is 0 Å². The molecule has 100 valence electrons. The van der Waals surface area contributed by atoms with Crippen molar-refractivity contribution in [1.29, 1.82) is 0 Å². The molecule has 0 bridgehead atoms. The molecule has 4 heteroatoms. The summed E-state index contributed by atoms with van der Waals surface area (Å²) in [4.78, 5) is 12.1. The number of alkyl halides is 1. The number of halogens is 1. The van der Waals surface area contributed by atoms with E-state index in [0.29, 0.717) is 6.61 Å². The maximum atomic E-state index is 12.1. The monoisotopic (exact) mass is 313 g/mol. The van der Waals surface area contributed by atoms with E-state index in [-0.39, 0.29) is 17.9 Å². The van der Waals surface area contributed by atoms with Gasteiger partial charge in [-0.25, -0.2) is 0 Å². The van der Waals surface area contributed by atoms with Crippen LogP contribution in [0.1, 0.15) is 24.8 Å². The molecule has 0 saturated heterocycles. The second-order valence-electron chi connectivity index (χ2n) is 4.27. The number of carbonyl (C=O) groups is 1. The van der Waals surface area contributed by atoms with Crippen molar-refractivity contribution in [3.63, 3.8) is 0 Å². The van der Waals surface area contributed by atoms with Gasteiger partial charge in [0.2, 0.25) is 5.91 Å². The lowest BCUT2D eigenvalue weighted by Crippen LogP contribution is -2.40. The van der Waals surface area contributed by atoms with Crippen LogP contribution < -0.4 is 5.32 Å². The van der Waals surface area contributed by atoms with Gasteiger partial charge < -0.3 is 10.1 Å². The van der Waals surface area contributed by atoms with Crippen molar-refractivity contribution in [3.8, 4) is 0 Å². The standard InChI is InChI=1S/C14H20BrNO2/c1-11(12-6-4-3-5-7-12)14(17)16-13(8-9-15)10-18-2/h3-7,11,13H,8-10H2,1-2H3,(H,16,17). The van der Waals surface area contributed by atoms with Crippen molar-refractivity contribution in [3.05, 3.63) is 35.9 Å². The highest BCUT2D eigenvalue weighted by molar-refractivity contribution is 9.09. The molecule has 1 N–H and O–H groups in total. The van der Waals surface area contributed by atoms with Crippen LogP contribution in [0.2, 0.25) is 0 Å². The van der Waals surface area contributed by atoms with Crippen molar-refractivity contribution in [2.45, 2.75) is 25.3 Å². The Balaban J connectivity index is 2.58. The van der Waals surface area contributed by atoms with Gasteiger partial charge in [-0.15, -0.1) is 0 Å². The van der Waals surface area contributed by atoms with Crippen molar-refractivity contribution < 1.29 is 9.53 Å². The molecule has 0 saturated carbocycles. The number of benzene rings is 1. The average Bonchev–Trinajstić information content (AvgIpc) is 2.39. The van der Waals surface area contributed by atoms with Gasteiger partial charge >= 0.3 is 0 Å². The first-order valence-electron chi connectivity index (χ1n) is 6.09. The summed E-state index contributed by atoms with van der Waals surface area (Å²) in [5.41, 5.74) is 1.03. The molecule has 1 rings (SSSR count). The smallest absolute Gasteiger partial charge is 0.227 e. The Morgan fingerprint density at radius 2 is 2.06 bits per heavy atom. The fourth-order valence-electron chi connectivity index (χ4n) is 1.75. The lowest BCUT2D eigenvalue weighted by Gasteiger charge is -2.20. The number of ether oxygens (including phenoxy) is 1. The Morgan fingerprint density at radius 3 is 2.61 bits per heavy atom. The molecule has 0 aliphatic carbocycles. The SMILES string of the molecule is COCC(CCBr)NC(=O)C(C)c1ccccc1. The van der Waals surface area contributed by atoms with Crippen molar-refractivity contribution in [1.82, 2.24) is 5.32 Å². The summed E-state index contributed by atoms with van der Waals surface area (Å²) < 4.78 is 5.11. The van der Waals surface area contributed by atoms with Gasteiger partial charge in [0.05, 0.1) is 18.6 Å². The number of carbonyl (C=O) groups excluding carboxylic acids is 1. The maximum absolute atomic E-state index is 12.1. The number of hydrogen-bond donors (Lipinski definition) is 1. The van der Waals surface area contributed by atoms with E-state index < -0.39 is 0 Å². The first kappa shape index (κ1) is 15.2. The Labute approximate surface area is 117 Å². The lowest BCUT2D eigenvalue weighted by atomic mass is 10.00. The zero-order valence-electron chi connectivity index (χ0n) is 10.9. The van der Waals surface area contributed by atoms with Gasteiger partial charge in [-0.2, -0.15) is 0 Å². The van der Waals surface area contributed by atoms with E-state index in [9.17, 15) is 4.79 Å². The summed E-state index contributed by atoms with van der Waals surface area (Å²) in [6.07, 6.45) is 0.862. The Morgan fingerprint density at radius 1 is 1.39 bits per heavy atom. The van der Waals surface area contributed by atoms with Crippen LogP contribution in [0.15, 0.2) is 30.3 Å². The summed E-state index contributed by atoms with van der Waals surface area (Å²) in [5.74, 6) is -0.0925. The highest BCUT2D eigenvalue weighted by Crippen LogP contribution is 2.15. The Hall–Kier alpha value is -0.870. The van der Waals surface area contributed by atoms with E-state index in [0.717, 1.165) is 17.3 Å². The number of amides is 1. The van der Waals surface area contributed by atoms with Crippen molar-refractivity contribution in [2.75, 3.05) is 19.0 Å². The highest BCUT2D eigenvalue weighted by atomic mass is 79.9. The van der Waals surface area contributed by atoms with Crippen LogP contribution in [0.25, 0.3) is 0 Å². The fourth-order valence-corrected chi connectivity index (χ4v) is 2.30. The zero-order chi connectivity index (χ0) is 13.4. The maximum Gasteiger partial charge on any atom is 0.227 e. The first-order valence-corrected chi connectivity index (χ1v) is 7.21. The Bertz CT molecular complexity index is 350. The van der Waals surface area contributed by atoms with Crippen LogP contribution in [0.4, 0.5) is 0 Å². The minimum absolute atomic E-state index is 0.0456. The molecule has 1 aromatic carbocycles. The van der Waals surface area contributed by atoms with Crippen molar-refractivity contribution in [2.24, 2.45) is 0 Å². The molecule has 1 amide bonds. The summed E-state index contributed by atoms with van der Waals surface area (Å²) in [6.45, 7) is 2.46. The molecule has 0 aliphatic heterocycles. The van der Waals surface area contributed by atoms with Gasteiger partial charge in [0.25, 0.3) is 0 Å². The molecular weight excluding hydrogens is 294 g/mol. The second-order valence-corrected chi connectivity index (χ2v) is 5.06. The molecule has 2 atom stereocenters. The fraction of sp³-hybridized carbons (Fsp3) is 0.500. The van der Waals surface area contributed by atoms with E-state index in [1.54, 1.807) is 7.11 Å². The molecule has 1 aromatic rings. The normalized spacial score (nSPS) is 13.9. The quantitative estimate of drug-likeness (QED) is 0.786. The largest absolute Gasteiger partial charge is 0.383 e. The first-order chi connectivity index (χ1) is 8.69. The number of hydrogen-bond acceptors (Lipinski definition) is 2. The topological polar surface area (TPSA) is 38.3 Å². The Kier molecular flexibility index (Phi) is 6.98. The van der Waals surface area contributed by atoms with E-state index in [2.05, 4.69) is 21.2 Å². The molecule has 0 aliphatic rings. The molecule has 0 aromatic heterocycles. The van der Waals surface area contributed by atoms with Gasteiger partial charge in [-0.3, -0.25) is 4.79 Å². The van der Waals surface area contributed by atoms with E-state index in [1.165, 1.54) is 0 Å². The lowest BCUT2D eigenvalue weighted by molar-refractivity contribution is -0.123. The molecule has 0 fully saturated rings. The van der Waals surface area contributed by atoms with Crippen LogP contribution in [0, 0.1) is 0 Å². The van der Waals surface area contributed by atoms with Crippen molar-refractivity contribution >= 4 is 21.8 Å². The molecular formula is C14H20BrNO2. The molecule has 3 nitrogen and oxygen atoms in total. The molecule has 0 heterocycles. The van der Waals surface area contributed by atoms with Crippen LogP contribution in [0.5, 0.6) is 0 Å². The van der Waals surface area contributed by atoms with Gasteiger partial charge in [0.15, 0.2) is 0 Å². The van der Waals surface area contributed by atoms with Gasteiger partial charge in [-0.05, 0) is 18.9 Å². The van der Waals surface area contributed by atoms with Gasteiger partial charge in [-0.1, -0.05) is 46.3 Å². The predicted molar refractivity (Wildman–Crippen MR) is 77.1 cm³/mol. The average molecular weight is 314 g/mol. The predicted octanol–water partition coefficient (Wildman–Crippen LogP) is 2.71. The summed E-state index contributed by atoms with van der Waals surface area (Å²) in [5, 5.41) is 3.87. The van der Waals surface area contributed by atoms with E-state index in [4.69, 9.17) is 4.74 Å². The third-order valence-corrected chi connectivity index (χ3v) is 3.32. The number of nitrogens with one attached hydrogen (secondary N) is 1. The third-order valence-electron chi connectivity index (χ3n) is 2.86. The summed E-state index contributed by atoms with van der Waals surface area (Å²) in [7, 11) is 1.65. The molecule has 0 radical (unpaired) electrons. The van der Waals surface area contributed by atoms with Crippen LogP contribution in [0.3, 0.4) is 0 Å². The third kappa shape index (κ3) is 4.78. The molecule has 18 heavy (non-hydrogen) atoms. The molecule has 2 unspecified atom stereocenters. The summed E-state index contributed by atoms with van der Waals surface area (Å²) in [6, 6.07) is 9.86. The van der Waals surface area contributed by atoms with Crippen LogP contribution >= 0.6 is 15.9 Å². The minimum Gasteiger partial charge on any atom is -0.383 e. The number of methoxy groups -OCH3 is 1. The second kappa shape index (κ2) is 8.27. The van der Waals surface area contributed by atoms with Crippen LogP contribution in [-0.2, 0) is 9.53 Å². The van der Waals surface area contributed by atoms with E-state index in [1.807, 2.05) is 37.3 Å². The zero-order valence-corrected chi connectivity index (χ0v) is 12.4. The minimum atomic E-state index is -0.138. The number of rotatable bonds is 7. The molecule has 0 spiro atoms. The van der Waals surface area contributed by atoms with Gasteiger partial charge in [0, 0.05) is 12.4 Å². The highest BCUT2D eigenvalue weighted by Gasteiger charge is 2.18. The van der Waals surface area contributed by atoms with Crippen LogP contribution in [-0.4, -0.2) is 31.0 Å².